The summed E-state index contributed by atoms with van der Waals surface area (Å²) in [5.74, 6) is -0.225. The van der Waals surface area contributed by atoms with Crippen LogP contribution in [0, 0.1) is 48.4 Å². The molecule has 2 aliphatic carbocycles. The molecule has 6 nitrogen and oxygen atoms in total. The average molecular weight is 1210 g/mol. The van der Waals surface area contributed by atoms with Gasteiger partial charge in [-0.25, -0.2) is 0 Å². The van der Waals surface area contributed by atoms with Crippen LogP contribution in [0.5, 0.6) is 0 Å². The molecule has 8 rings (SSSR count). The summed E-state index contributed by atoms with van der Waals surface area (Å²) in [6.45, 7) is 22.8. The molecule has 6 radical (unpaired) electrons. The maximum Gasteiger partial charge on any atom is 0.107 e. The van der Waals surface area contributed by atoms with Crippen LogP contribution in [0.3, 0.4) is 0 Å². The summed E-state index contributed by atoms with van der Waals surface area (Å²) in [6.07, 6.45) is 7.94. The van der Waals surface area contributed by atoms with Crippen LogP contribution < -0.4 is 10.9 Å². The second kappa shape index (κ2) is 20.2. The minimum Gasteiger partial charge on any atom is -0.420 e. The molecule has 0 atom stereocenters. The molecule has 0 spiro atoms. The number of ketones is 1. The number of hydrogen-bond acceptors (Lipinski definition) is 4. The Kier molecular flexibility index (Phi) is 20.1. The van der Waals surface area contributed by atoms with Gasteiger partial charge in [0.2, 0.25) is 0 Å². The number of fused-ring (bicyclic) bond motifs is 8. The Morgan fingerprint density at radius 3 is 1.39 bits per heavy atom. The van der Waals surface area contributed by atoms with Gasteiger partial charge < -0.3 is 23.5 Å². The molecule has 0 bridgehead atoms. The standard InChI is InChI=1S/C23H24NO2.C22H21N2O.6Y/c1-13-20-17-11-15-9-7-8-10-16(15)19(17)22(3,4)23(5,6)24(20)12-18(14(2)25)21(13)26;1-13-19-17-10-14-8-6-7-9-16(14)18(17)21(2,3)22(4,5)24(19)12-15(11-23)20(13)25;;;;;;/h7-10H,11H2,1-6H3;6-9H,10H2,1-5H3;;;;;;/q2*-1;;;;;;. The maximum absolute atomic E-state index is 12.8. The minimum absolute atomic E-state index is 0. The van der Waals surface area contributed by atoms with Crippen LogP contribution in [0.25, 0.3) is 22.3 Å². The molecule has 0 N–H and O–H groups in total. The first-order valence-electron chi connectivity index (χ1n) is 17.7. The van der Waals surface area contributed by atoms with Crippen LogP contribution in [-0.2, 0) is 220 Å². The maximum atomic E-state index is 12.8. The molecular weight excluding hydrogens is 1160 g/mol. The van der Waals surface area contributed by atoms with Gasteiger partial charge in [0.25, 0.3) is 0 Å². The van der Waals surface area contributed by atoms with Crippen molar-refractivity contribution in [3.8, 4) is 6.07 Å². The van der Waals surface area contributed by atoms with E-state index >= 15 is 0 Å². The molecule has 2 aromatic carbocycles. The zero-order chi connectivity index (χ0) is 37.2. The van der Waals surface area contributed by atoms with Gasteiger partial charge in [0, 0.05) is 218 Å². The number of benzene rings is 2. The van der Waals surface area contributed by atoms with E-state index in [1.807, 2.05) is 24.5 Å². The van der Waals surface area contributed by atoms with Gasteiger partial charge >= 0.3 is 0 Å². The van der Waals surface area contributed by atoms with E-state index in [2.05, 4.69) is 121 Å². The van der Waals surface area contributed by atoms with Crippen LogP contribution in [0.15, 0.2) is 58.1 Å². The molecule has 0 saturated heterocycles. The van der Waals surface area contributed by atoms with Crippen LogP contribution >= 0.6 is 0 Å². The van der Waals surface area contributed by atoms with Gasteiger partial charge in [0.05, 0.1) is 5.78 Å². The van der Waals surface area contributed by atoms with Crippen molar-refractivity contribution in [1.29, 1.82) is 5.26 Å². The second-order valence-corrected chi connectivity index (χ2v) is 16.7. The summed E-state index contributed by atoms with van der Waals surface area (Å²) in [5, 5.41) is 9.37. The number of hydrogen-bond donors (Lipinski definition) is 0. The van der Waals surface area contributed by atoms with Crippen molar-refractivity contribution < 1.29 is 201 Å². The molecule has 0 unspecified atom stereocenters. The number of aromatic nitrogens is 2. The average Bonchev–Trinajstić information content (AvgIpc) is 3.66. The Hall–Kier alpha value is 1.60. The van der Waals surface area contributed by atoms with Crippen molar-refractivity contribution in [2.45, 2.75) is 100 Å². The molecule has 4 heterocycles. The smallest absolute Gasteiger partial charge is 0.107 e. The Morgan fingerprint density at radius 1 is 0.632 bits per heavy atom. The first kappa shape index (κ1) is 56.6. The second-order valence-electron chi connectivity index (χ2n) is 16.7. The first-order valence-corrected chi connectivity index (χ1v) is 17.7. The third-order valence-electron chi connectivity index (χ3n) is 13.1. The SMILES string of the molecule is CC(=O)c1[c-]n2c(c(C)c1=O)C1=C(c3ccccc3C1)C(C)(C)C2(C)C.Cc1c2n([c-]c(C#N)c1=O)C(C)(C)C(C)(C)C1=C2Cc2ccccc21.[Y].[Y].[Y].[Y].[Y].[Y]. The van der Waals surface area contributed by atoms with Crippen molar-refractivity contribution in [1.82, 2.24) is 9.13 Å². The Morgan fingerprint density at radius 2 is 1.00 bits per heavy atom. The molecule has 57 heavy (non-hydrogen) atoms. The predicted octanol–water partition coefficient (Wildman–Crippen LogP) is 8.46. The molecule has 0 amide bonds. The summed E-state index contributed by atoms with van der Waals surface area (Å²) in [6, 6.07) is 19.0. The molecular formula is C45H45N3O3Y6-2. The van der Waals surface area contributed by atoms with E-state index in [1.165, 1.54) is 51.5 Å². The van der Waals surface area contributed by atoms with Crippen LogP contribution in [0.1, 0.15) is 123 Å². The molecule has 2 aliphatic heterocycles. The van der Waals surface area contributed by atoms with E-state index < -0.39 is 0 Å². The number of nitriles is 1. The summed E-state index contributed by atoms with van der Waals surface area (Å²) in [7, 11) is 0. The Labute approximate surface area is 489 Å². The number of allylic oxidation sites excluding steroid dienone is 4. The first-order chi connectivity index (χ1) is 23.8. The fourth-order valence-electron chi connectivity index (χ4n) is 8.96. The van der Waals surface area contributed by atoms with E-state index in [9.17, 15) is 19.6 Å². The van der Waals surface area contributed by atoms with Crippen LogP contribution in [0.2, 0.25) is 0 Å². The van der Waals surface area contributed by atoms with Gasteiger partial charge in [-0.15, -0.1) is 0 Å². The quantitative estimate of drug-likeness (QED) is 0.142. The monoisotopic (exact) mass is 1210 g/mol. The van der Waals surface area contributed by atoms with Gasteiger partial charge in [-0.3, -0.25) is 5.26 Å². The summed E-state index contributed by atoms with van der Waals surface area (Å²) in [4.78, 5) is 37.5. The molecule has 0 saturated carbocycles. The molecule has 4 aliphatic rings. The van der Waals surface area contributed by atoms with Crippen molar-refractivity contribution in [3.05, 3.63) is 137 Å². The number of nitrogens with zero attached hydrogens (tertiary/aromatic N) is 3. The van der Waals surface area contributed by atoms with E-state index in [0.717, 1.165) is 24.2 Å². The van der Waals surface area contributed by atoms with Crippen molar-refractivity contribution in [3.63, 3.8) is 0 Å². The number of carbonyl (C=O) groups excluding carboxylic acids is 1. The zero-order valence-corrected chi connectivity index (χ0v) is 52.1. The summed E-state index contributed by atoms with van der Waals surface area (Å²) >= 11 is 0. The number of rotatable bonds is 1. The van der Waals surface area contributed by atoms with E-state index in [4.69, 9.17) is 0 Å². The van der Waals surface area contributed by atoms with Crippen molar-refractivity contribution >= 4 is 28.1 Å². The Bertz CT molecular complexity index is 2500. The molecule has 0 fully saturated rings. The predicted molar refractivity (Wildman–Crippen MR) is 203 cm³/mol. The molecule has 278 valence electrons. The van der Waals surface area contributed by atoms with Gasteiger partial charge in [0.1, 0.15) is 10.9 Å². The summed E-state index contributed by atoms with van der Waals surface area (Å²) < 4.78 is 4.11. The van der Waals surface area contributed by atoms with E-state index in [0.29, 0.717) is 11.1 Å². The number of Topliss-reactive ketones (excluding diaryl/α,β-unsaturated/α-hetero) is 1. The minimum atomic E-state index is -0.332. The summed E-state index contributed by atoms with van der Waals surface area (Å²) in [5.41, 5.74) is 12.3. The van der Waals surface area contributed by atoms with Gasteiger partial charge in [-0.1, -0.05) is 119 Å². The number of pyridine rings is 2. The fourth-order valence-corrected chi connectivity index (χ4v) is 8.96. The van der Waals surface area contributed by atoms with Crippen molar-refractivity contribution in [2.75, 3.05) is 0 Å². The third-order valence-corrected chi connectivity index (χ3v) is 13.1. The van der Waals surface area contributed by atoms with Gasteiger partial charge in [-0.05, 0) is 116 Å². The largest absolute Gasteiger partial charge is 0.420 e. The van der Waals surface area contributed by atoms with Crippen molar-refractivity contribution in [2.24, 2.45) is 10.8 Å². The van der Waals surface area contributed by atoms with E-state index in [1.54, 1.807) is 0 Å². The topological polar surface area (TPSA) is 84.9 Å². The normalized spacial score (nSPS) is 17.0. The molecule has 4 aromatic rings. The Balaban J connectivity index is 0.000000516. The molecule has 2 aromatic heterocycles. The fraction of sp³-hybridized carbons (Fsp3) is 0.378. The zero-order valence-electron chi connectivity index (χ0n) is 35.1. The van der Waals surface area contributed by atoms with E-state index in [-0.39, 0.29) is 246 Å². The molecule has 12 heteroatoms. The van der Waals surface area contributed by atoms with Crippen LogP contribution in [-0.4, -0.2) is 14.9 Å². The third kappa shape index (κ3) is 8.64. The van der Waals surface area contributed by atoms with Gasteiger partial charge in [-0.2, -0.15) is 0 Å². The number of carbonyl (C=O) groups is 1. The van der Waals surface area contributed by atoms with Gasteiger partial charge in [0.15, 0.2) is 0 Å². The van der Waals surface area contributed by atoms with Crippen LogP contribution in [0.4, 0.5) is 0 Å².